The van der Waals surface area contributed by atoms with E-state index < -0.39 is 0 Å². The number of hydrogen-bond acceptors (Lipinski definition) is 2. The molecule has 0 spiro atoms. The van der Waals surface area contributed by atoms with E-state index >= 15 is 0 Å². The summed E-state index contributed by atoms with van der Waals surface area (Å²) in [4.78, 5) is 4.42. The van der Waals surface area contributed by atoms with Crippen LogP contribution in [0.25, 0.3) is 17.0 Å². The molecule has 1 aliphatic rings. The molecule has 0 saturated heterocycles. The average molecular weight is 211 g/mol. The lowest BCUT2D eigenvalue weighted by Crippen LogP contribution is -2.07. The predicted octanol–water partition coefficient (Wildman–Crippen LogP) is 4.19. The summed E-state index contributed by atoms with van der Waals surface area (Å²) in [6, 6.07) is 8.03. The molecule has 0 amide bonds. The zero-order valence-electron chi connectivity index (χ0n) is 9.40. The summed E-state index contributed by atoms with van der Waals surface area (Å²) < 4.78 is 5.71. The molecule has 16 heavy (non-hydrogen) atoms. The van der Waals surface area contributed by atoms with Crippen molar-refractivity contribution in [3.63, 3.8) is 0 Å². The molecule has 80 valence electrons. The second-order valence-corrected chi connectivity index (χ2v) is 4.73. The maximum atomic E-state index is 5.71. The van der Waals surface area contributed by atoms with Crippen molar-refractivity contribution < 1.29 is 4.42 Å². The number of nitrogens with zero attached hydrogens (tertiary/aromatic N) is 1. The maximum absolute atomic E-state index is 5.71. The second-order valence-electron chi connectivity index (χ2n) is 4.73. The molecule has 3 rings (SSSR count). The lowest BCUT2D eigenvalue weighted by Gasteiger charge is -2.10. The smallest absolute Gasteiger partial charge is 0.226 e. The first kappa shape index (κ1) is 9.40. The Balaban J connectivity index is 2.30. The van der Waals surface area contributed by atoms with Crippen molar-refractivity contribution in [3.8, 4) is 0 Å². The van der Waals surface area contributed by atoms with Gasteiger partial charge in [-0.05, 0) is 6.07 Å². The summed E-state index contributed by atoms with van der Waals surface area (Å²) >= 11 is 0. The molecule has 2 aromatic rings. The number of hydrogen-bond donors (Lipinski definition) is 0. The molecular formula is C14H13NO. The van der Waals surface area contributed by atoms with Gasteiger partial charge in [0, 0.05) is 22.6 Å². The molecule has 0 atom stereocenters. The Morgan fingerprint density at radius 3 is 2.88 bits per heavy atom. The molecule has 0 bridgehead atoms. The van der Waals surface area contributed by atoms with Crippen LogP contribution in [0.5, 0.6) is 0 Å². The van der Waals surface area contributed by atoms with Gasteiger partial charge in [0.25, 0.3) is 0 Å². The van der Waals surface area contributed by atoms with E-state index in [0.717, 1.165) is 16.5 Å². The number of fused-ring (bicyclic) bond motifs is 3. The van der Waals surface area contributed by atoms with E-state index in [2.05, 4.69) is 37.1 Å². The van der Waals surface area contributed by atoms with Gasteiger partial charge in [-0.25, -0.2) is 4.99 Å². The third-order valence-electron chi connectivity index (χ3n) is 2.81. The van der Waals surface area contributed by atoms with Gasteiger partial charge in [-0.3, -0.25) is 0 Å². The molecule has 2 heterocycles. The molecule has 2 nitrogen and oxygen atoms in total. The van der Waals surface area contributed by atoms with Crippen molar-refractivity contribution in [2.45, 2.75) is 13.8 Å². The van der Waals surface area contributed by atoms with E-state index in [1.54, 1.807) is 0 Å². The summed E-state index contributed by atoms with van der Waals surface area (Å²) in [5.74, 6) is 0.711. The van der Waals surface area contributed by atoms with Crippen LogP contribution in [0.4, 0.5) is 5.88 Å². The number of allylic oxidation sites excluding steroid dienone is 1. The average Bonchev–Trinajstić information content (AvgIpc) is 2.54. The van der Waals surface area contributed by atoms with Crippen LogP contribution in [0.2, 0.25) is 0 Å². The largest absolute Gasteiger partial charge is 0.438 e. The van der Waals surface area contributed by atoms with Gasteiger partial charge in [-0.1, -0.05) is 44.2 Å². The lowest BCUT2D eigenvalue weighted by molar-refractivity contribution is 0.622. The third-order valence-corrected chi connectivity index (χ3v) is 2.81. The van der Waals surface area contributed by atoms with Crippen molar-refractivity contribution in [2.24, 2.45) is 10.4 Å². The summed E-state index contributed by atoms with van der Waals surface area (Å²) in [5, 5.41) is 1.13. The SMILES string of the molecule is CC1(C)C=Cc2c(oc3ccccc23)N=C1. The molecule has 1 aromatic heterocycles. The van der Waals surface area contributed by atoms with E-state index in [9.17, 15) is 0 Å². The fraction of sp³-hybridized carbons (Fsp3) is 0.214. The Kier molecular flexibility index (Phi) is 1.81. The highest BCUT2D eigenvalue weighted by Crippen LogP contribution is 2.36. The normalized spacial score (nSPS) is 17.4. The van der Waals surface area contributed by atoms with Gasteiger partial charge in [0.2, 0.25) is 5.88 Å². The minimum atomic E-state index is -0.0113. The van der Waals surface area contributed by atoms with Crippen LogP contribution >= 0.6 is 0 Å². The van der Waals surface area contributed by atoms with E-state index in [1.807, 2.05) is 24.4 Å². The van der Waals surface area contributed by atoms with Crippen LogP contribution < -0.4 is 0 Å². The van der Waals surface area contributed by atoms with E-state index in [-0.39, 0.29) is 5.41 Å². The van der Waals surface area contributed by atoms with Gasteiger partial charge in [-0.2, -0.15) is 0 Å². The first-order chi connectivity index (χ1) is 7.66. The Morgan fingerprint density at radius 1 is 1.19 bits per heavy atom. The Labute approximate surface area is 94.3 Å². The number of furan rings is 1. The van der Waals surface area contributed by atoms with Gasteiger partial charge in [0.15, 0.2) is 0 Å². The van der Waals surface area contributed by atoms with Gasteiger partial charge in [0.1, 0.15) is 5.58 Å². The molecule has 1 aliphatic heterocycles. The summed E-state index contributed by atoms with van der Waals surface area (Å²) in [6.45, 7) is 4.25. The number of aliphatic imine (C=N–C) groups is 1. The Bertz CT molecular complexity index is 602. The quantitative estimate of drug-likeness (QED) is 0.641. The third kappa shape index (κ3) is 1.38. The number of benzene rings is 1. The van der Waals surface area contributed by atoms with Crippen LogP contribution in [0.15, 0.2) is 39.8 Å². The molecular weight excluding hydrogens is 198 g/mol. The van der Waals surface area contributed by atoms with Crippen LogP contribution in [-0.2, 0) is 0 Å². The van der Waals surface area contributed by atoms with Gasteiger partial charge in [-0.15, -0.1) is 0 Å². The highest BCUT2D eigenvalue weighted by Gasteiger charge is 2.18. The number of para-hydroxylation sites is 1. The Morgan fingerprint density at radius 2 is 2.00 bits per heavy atom. The van der Waals surface area contributed by atoms with Gasteiger partial charge >= 0.3 is 0 Å². The van der Waals surface area contributed by atoms with Crippen LogP contribution in [-0.4, -0.2) is 6.21 Å². The molecule has 2 heteroatoms. The monoisotopic (exact) mass is 211 g/mol. The maximum Gasteiger partial charge on any atom is 0.226 e. The molecule has 0 N–H and O–H groups in total. The van der Waals surface area contributed by atoms with Crippen molar-refractivity contribution in [2.75, 3.05) is 0 Å². The summed E-state index contributed by atoms with van der Waals surface area (Å²) in [7, 11) is 0. The summed E-state index contributed by atoms with van der Waals surface area (Å²) in [5.41, 5.74) is 1.97. The Hall–Kier alpha value is -1.83. The highest BCUT2D eigenvalue weighted by molar-refractivity contribution is 5.94. The van der Waals surface area contributed by atoms with Crippen LogP contribution in [0.3, 0.4) is 0 Å². The fourth-order valence-electron chi connectivity index (χ4n) is 1.88. The van der Waals surface area contributed by atoms with E-state index in [0.29, 0.717) is 5.88 Å². The van der Waals surface area contributed by atoms with Crippen molar-refractivity contribution in [1.82, 2.24) is 0 Å². The topological polar surface area (TPSA) is 25.5 Å². The minimum absolute atomic E-state index is 0.0113. The zero-order chi connectivity index (χ0) is 11.2. The fourth-order valence-corrected chi connectivity index (χ4v) is 1.88. The summed E-state index contributed by atoms with van der Waals surface area (Å²) in [6.07, 6.45) is 6.19. The zero-order valence-corrected chi connectivity index (χ0v) is 9.40. The molecule has 0 radical (unpaired) electrons. The minimum Gasteiger partial charge on any atom is -0.438 e. The van der Waals surface area contributed by atoms with Crippen molar-refractivity contribution in [1.29, 1.82) is 0 Å². The van der Waals surface area contributed by atoms with Gasteiger partial charge in [0.05, 0.1) is 0 Å². The molecule has 0 fully saturated rings. The lowest BCUT2D eigenvalue weighted by atomic mass is 9.94. The second kappa shape index (κ2) is 3.08. The van der Waals surface area contributed by atoms with Crippen molar-refractivity contribution in [3.05, 3.63) is 35.9 Å². The number of rotatable bonds is 0. The first-order valence-corrected chi connectivity index (χ1v) is 5.42. The van der Waals surface area contributed by atoms with Gasteiger partial charge < -0.3 is 4.42 Å². The van der Waals surface area contributed by atoms with Crippen molar-refractivity contribution >= 4 is 29.1 Å². The molecule has 0 saturated carbocycles. The molecule has 1 aromatic carbocycles. The standard InChI is InChI=1S/C14H13NO/c1-14(2)8-7-11-10-5-3-4-6-12(10)16-13(11)15-9-14/h3-9H,1-2H3. The molecule has 0 unspecified atom stereocenters. The highest BCUT2D eigenvalue weighted by atomic mass is 16.3. The predicted molar refractivity (Wildman–Crippen MR) is 67.2 cm³/mol. The van der Waals surface area contributed by atoms with E-state index in [1.165, 1.54) is 0 Å². The van der Waals surface area contributed by atoms with Crippen LogP contribution in [0, 0.1) is 5.41 Å². The van der Waals surface area contributed by atoms with Crippen LogP contribution in [0.1, 0.15) is 19.4 Å². The van der Waals surface area contributed by atoms with E-state index in [4.69, 9.17) is 4.42 Å². The molecule has 0 aliphatic carbocycles. The first-order valence-electron chi connectivity index (χ1n) is 5.42.